The van der Waals surface area contributed by atoms with Crippen LogP contribution in [0, 0.1) is 27.7 Å². The van der Waals surface area contributed by atoms with Crippen LogP contribution in [0.5, 0.6) is 0 Å². The smallest absolute Gasteiger partial charge is 0.263 e. The molecule has 3 rings (SSSR count). The third-order valence-corrected chi connectivity index (χ3v) is 5.65. The Kier molecular flexibility index (Phi) is 5.52. The summed E-state index contributed by atoms with van der Waals surface area (Å²) < 4.78 is 0. The molecule has 3 aromatic rings. The number of H-pyrrole nitrogens is 1. The SMILES string of the molecule is Cc1ccc(-c2nc(C)c(C(=O)NCCCc3cn[nH]c3C)s2)c(C)c1. The summed E-state index contributed by atoms with van der Waals surface area (Å²) in [5.74, 6) is -0.0417. The molecule has 136 valence electrons. The topological polar surface area (TPSA) is 70.7 Å². The van der Waals surface area contributed by atoms with E-state index in [0.29, 0.717) is 11.4 Å². The molecule has 6 heteroatoms. The summed E-state index contributed by atoms with van der Waals surface area (Å²) in [4.78, 5) is 17.8. The van der Waals surface area contributed by atoms with E-state index in [0.717, 1.165) is 34.8 Å². The molecule has 26 heavy (non-hydrogen) atoms. The molecule has 0 aliphatic carbocycles. The van der Waals surface area contributed by atoms with Gasteiger partial charge in [0.2, 0.25) is 0 Å². The largest absolute Gasteiger partial charge is 0.351 e. The average molecular weight is 369 g/mol. The average Bonchev–Trinajstić information content (AvgIpc) is 3.17. The van der Waals surface area contributed by atoms with Gasteiger partial charge in [0.1, 0.15) is 9.88 Å². The number of hydrogen-bond donors (Lipinski definition) is 2. The first kappa shape index (κ1) is 18.3. The van der Waals surface area contributed by atoms with Crippen molar-refractivity contribution in [3.8, 4) is 10.6 Å². The van der Waals surface area contributed by atoms with Gasteiger partial charge >= 0.3 is 0 Å². The first-order valence-electron chi connectivity index (χ1n) is 8.78. The van der Waals surface area contributed by atoms with Gasteiger partial charge in [0.15, 0.2) is 0 Å². The summed E-state index contributed by atoms with van der Waals surface area (Å²) in [5, 5.41) is 10.9. The lowest BCUT2D eigenvalue weighted by Crippen LogP contribution is -2.24. The number of hydrogen-bond acceptors (Lipinski definition) is 4. The van der Waals surface area contributed by atoms with Crippen molar-refractivity contribution in [2.24, 2.45) is 0 Å². The van der Waals surface area contributed by atoms with Gasteiger partial charge in [-0.2, -0.15) is 5.10 Å². The van der Waals surface area contributed by atoms with Crippen LogP contribution in [-0.4, -0.2) is 27.6 Å². The zero-order chi connectivity index (χ0) is 18.7. The molecule has 2 aromatic heterocycles. The van der Waals surface area contributed by atoms with Gasteiger partial charge in [-0.05, 0) is 51.7 Å². The maximum absolute atomic E-state index is 12.5. The van der Waals surface area contributed by atoms with Crippen LogP contribution in [0.25, 0.3) is 10.6 Å². The number of thiazole rings is 1. The Hall–Kier alpha value is -2.47. The molecular formula is C20H24N4OS. The van der Waals surface area contributed by atoms with Crippen LogP contribution in [0.15, 0.2) is 24.4 Å². The van der Waals surface area contributed by atoms with E-state index < -0.39 is 0 Å². The van der Waals surface area contributed by atoms with Crippen molar-refractivity contribution in [1.82, 2.24) is 20.5 Å². The van der Waals surface area contributed by atoms with Gasteiger partial charge in [0.05, 0.1) is 11.9 Å². The highest BCUT2D eigenvalue weighted by Gasteiger charge is 2.17. The van der Waals surface area contributed by atoms with Crippen LogP contribution in [0.4, 0.5) is 0 Å². The van der Waals surface area contributed by atoms with E-state index in [-0.39, 0.29) is 5.91 Å². The van der Waals surface area contributed by atoms with Crippen molar-refractivity contribution < 1.29 is 4.79 Å². The molecule has 0 spiro atoms. The van der Waals surface area contributed by atoms with E-state index in [1.165, 1.54) is 28.0 Å². The summed E-state index contributed by atoms with van der Waals surface area (Å²) in [6, 6.07) is 6.30. The Morgan fingerprint density at radius 3 is 2.73 bits per heavy atom. The maximum atomic E-state index is 12.5. The second-order valence-electron chi connectivity index (χ2n) is 6.63. The number of rotatable bonds is 6. The van der Waals surface area contributed by atoms with E-state index in [9.17, 15) is 4.79 Å². The minimum absolute atomic E-state index is 0.0417. The molecule has 0 saturated carbocycles. The number of nitrogens with one attached hydrogen (secondary N) is 2. The fourth-order valence-electron chi connectivity index (χ4n) is 2.96. The second kappa shape index (κ2) is 7.83. The normalized spacial score (nSPS) is 10.9. The number of aromatic amines is 1. The summed E-state index contributed by atoms with van der Waals surface area (Å²) in [5.41, 5.74) is 6.58. The quantitative estimate of drug-likeness (QED) is 0.643. The van der Waals surface area contributed by atoms with Crippen LogP contribution in [0.2, 0.25) is 0 Å². The molecular weight excluding hydrogens is 344 g/mol. The highest BCUT2D eigenvalue weighted by molar-refractivity contribution is 7.17. The summed E-state index contributed by atoms with van der Waals surface area (Å²) >= 11 is 1.46. The third kappa shape index (κ3) is 4.02. The molecule has 0 bridgehead atoms. The molecule has 0 atom stereocenters. The van der Waals surface area contributed by atoms with E-state index in [1.807, 2.05) is 20.0 Å². The van der Waals surface area contributed by atoms with Crippen LogP contribution < -0.4 is 5.32 Å². The minimum atomic E-state index is -0.0417. The third-order valence-electron chi connectivity index (χ3n) is 4.46. The Labute approximate surface area is 157 Å². The van der Waals surface area contributed by atoms with Gasteiger partial charge in [-0.15, -0.1) is 11.3 Å². The van der Waals surface area contributed by atoms with E-state index in [4.69, 9.17) is 0 Å². The van der Waals surface area contributed by atoms with Crippen LogP contribution in [-0.2, 0) is 6.42 Å². The maximum Gasteiger partial charge on any atom is 0.263 e. The zero-order valence-corrected chi connectivity index (χ0v) is 16.5. The molecule has 5 nitrogen and oxygen atoms in total. The summed E-state index contributed by atoms with van der Waals surface area (Å²) in [7, 11) is 0. The van der Waals surface area contributed by atoms with Gasteiger partial charge in [-0.3, -0.25) is 9.89 Å². The first-order valence-corrected chi connectivity index (χ1v) is 9.59. The van der Waals surface area contributed by atoms with Crippen molar-refractivity contribution in [2.45, 2.75) is 40.5 Å². The van der Waals surface area contributed by atoms with Gasteiger partial charge in [-0.1, -0.05) is 23.8 Å². The number of amides is 1. The highest BCUT2D eigenvalue weighted by Crippen LogP contribution is 2.30. The number of benzene rings is 1. The molecule has 2 N–H and O–H groups in total. The van der Waals surface area contributed by atoms with Gasteiger partial charge in [0, 0.05) is 17.8 Å². The summed E-state index contributed by atoms with van der Waals surface area (Å²) in [6.07, 6.45) is 3.63. The predicted molar refractivity (Wildman–Crippen MR) is 106 cm³/mol. The fraction of sp³-hybridized carbons (Fsp3) is 0.350. The van der Waals surface area contributed by atoms with Gasteiger partial charge < -0.3 is 5.32 Å². The Bertz CT molecular complexity index is 926. The lowest BCUT2D eigenvalue weighted by Gasteiger charge is -2.04. The molecule has 0 aliphatic heterocycles. The summed E-state index contributed by atoms with van der Waals surface area (Å²) in [6.45, 7) is 8.70. The highest BCUT2D eigenvalue weighted by atomic mass is 32.1. The van der Waals surface area contributed by atoms with Crippen molar-refractivity contribution in [2.75, 3.05) is 6.54 Å². The Morgan fingerprint density at radius 1 is 1.23 bits per heavy atom. The molecule has 0 unspecified atom stereocenters. The molecule has 0 saturated heterocycles. The van der Waals surface area contributed by atoms with Crippen molar-refractivity contribution in [3.63, 3.8) is 0 Å². The molecule has 2 heterocycles. The number of carbonyl (C=O) groups excluding carboxylic acids is 1. The number of aryl methyl sites for hydroxylation is 5. The monoisotopic (exact) mass is 368 g/mol. The standard InChI is InChI=1S/C20H24N4OS/c1-12-7-8-17(13(2)10-12)20-23-15(4)18(26-20)19(25)21-9-5-6-16-11-22-24-14(16)3/h7-8,10-11H,5-6,9H2,1-4H3,(H,21,25)(H,22,24). The van der Waals surface area contributed by atoms with E-state index in [1.54, 1.807) is 0 Å². The lowest BCUT2D eigenvalue weighted by atomic mass is 10.1. The zero-order valence-electron chi connectivity index (χ0n) is 15.6. The number of aromatic nitrogens is 3. The second-order valence-corrected chi connectivity index (χ2v) is 7.63. The molecule has 0 aliphatic rings. The van der Waals surface area contributed by atoms with Gasteiger partial charge in [0.25, 0.3) is 5.91 Å². The Balaban J connectivity index is 1.63. The van der Waals surface area contributed by atoms with Crippen LogP contribution in [0.1, 0.15) is 44.2 Å². The van der Waals surface area contributed by atoms with Crippen molar-refractivity contribution in [1.29, 1.82) is 0 Å². The molecule has 1 amide bonds. The minimum Gasteiger partial charge on any atom is -0.351 e. The first-order chi connectivity index (χ1) is 12.5. The van der Waals surface area contributed by atoms with Crippen LogP contribution in [0.3, 0.4) is 0 Å². The predicted octanol–water partition coefficient (Wildman–Crippen LogP) is 4.13. The van der Waals surface area contributed by atoms with Gasteiger partial charge in [-0.25, -0.2) is 4.98 Å². The van der Waals surface area contributed by atoms with E-state index >= 15 is 0 Å². The molecule has 0 fully saturated rings. The fourth-order valence-corrected chi connectivity index (χ4v) is 4.04. The lowest BCUT2D eigenvalue weighted by molar-refractivity contribution is 0.0956. The molecule has 0 radical (unpaired) electrons. The Morgan fingerprint density at radius 2 is 2.04 bits per heavy atom. The number of nitrogens with zero attached hydrogens (tertiary/aromatic N) is 2. The van der Waals surface area contributed by atoms with Crippen LogP contribution >= 0.6 is 11.3 Å². The molecule has 1 aromatic carbocycles. The van der Waals surface area contributed by atoms with E-state index in [2.05, 4.69) is 52.5 Å². The number of carbonyl (C=O) groups is 1. The van der Waals surface area contributed by atoms with Crippen molar-refractivity contribution in [3.05, 3.63) is 57.4 Å². The van der Waals surface area contributed by atoms with Crippen molar-refractivity contribution >= 4 is 17.2 Å².